The third-order valence-electron chi connectivity index (χ3n) is 6.98. The number of halogens is 4. The standard InChI is InChI=1S/C18H25FO3.C12H14BrFO.C6H11BrO2.3CH4/c1-17(2,3)22-16(20)11-12-10-13(19)6-7-14(12)15-8-9-18(4,5)21-15;1-12(2)6-5-11(15-12)9-4-3-8(14)7-10(9)13;1-6(2,3)9-5(8)4-7;;;/h6-7,10,15H,8-9,11H2,1-5H3;3-4,7,11H,5-6H2,1-2H3;4H2,1-3H3;3*1H4. The van der Waals surface area contributed by atoms with E-state index < -0.39 is 5.60 Å². The van der Waals surface area contributed by atoms with Gasteiger partial charge in [-0.1, -0.05) is 66.3 Å². The number of ether oxygens (including phenoxy) is 4. The average molecular weight is 825 g/mol. The molecule has 2 unspecified atom stereocenters. The summed E-state index contributed by atoms with van der Waals surface area (Å²) in [6.07, 6.45) is 3.92. The fourth-order valence-corrected chi connectivity index (χ4v) is 5.83. The van der Waals surface area contributed by atoms with Gasteiger partial charge >= 0.3 is 11.9 Å². The fraction of sp³-hybridized carbons (Fsp3) is 0.641. The molecule has 0 radical (unpaired) electrons. The quantitative estimate of drug-likeness (QED) is 0.221. The number of esters is 2. The molecule has 2 heterocycles. The summed E-state index contributed by atoms with van der Waals surface area (Å²) in [6, 6.07) is 9.32. The van der Waals surface area contributed by atoms with E-state index in [9.17, 15) is 18.4 Å². The van der Waals surface area contributed by atoms with Gasteiger partial charge in [0, 0.05) is 4.47 Å². The van der Waals surface area contributed by atoms with Gasteiger partial charge < -0.3 is 18.9 Å². The summed E-state index contributed by atoms with van der Waals surface area (Å²) in [7, 11) is 0. The summed E-state index contributed by atoms with van der Waals surface area (Å²) in [5, 5.41) is 0.268. The van der Waals surface area contributed by atoms with E-state index in [1.807, 2.05) is 55.4 Å². The topological polar surface area (TPSA) is 71.1 Å². The van der Waals surface area contributed by atoms with Crippen molar-refractivity contribution in [1.82, 2.24) is 0 Å². The fourth-order valence-electron chi connectivity index (χ4n) is 5.11. The van der Waals surface area contributed by atoms with Crippen LogP contribution in [0.1, 0.15) is 146 Å². The SMILES string of the molecule is C.C.C.CC(C)(C)OC(=O)CBr.CC(C)(C)OC(=O)Cc1cc(F)ccc1C1CCC(C)(C)O1.CC1(C)CCC(c2ccc(F)cc2Br)O1. The van der Waals surface area contributed by atoms with Crippen molar-refractivity contribution in [3.8, 4) is 0 Å². The van der Waals surface area contributed by atoms with Crippen LogP contribution in [0.2, 0.25) is 0 Å². The maximum atomic E-state index is 13.6. The van der Waals surface area contributed by atoms with Crippen LogP contribution in [-0.4, -0.2) is 39.7 Å². The van der Waals surface area contributed by atoms with Crippen LogP contribution in [0.4, 0.5) is 8.78 Å². The van der Waals surface area contributed by atoms with Crippen LogP contribution >= 0.6 is 31.9 Å². The molecule has 2 aromatic carbocycles. The van der Waals surface area contributed by atoms with Crippen LogP contribution in [0.3, 0.4) is 0 Å². The van der Waals surface area contributed by atoms with E-state index in [1.54, 1.807) is 12.1 Å². The van der Waals surface area contributed by atoms with Gasteiger partial charge in [0.25, 0.3) is 0 Å². The molecule has 0 spiro atoms. The lowest BCUT2D eigenvalue weighted by atomic mass is 9.97. The third kappa shape index (κ3) is 18.3. The van der Waals surface area contributed by atoms with Crippen LogP contribution in [-0.2, 0) is 35.0 Å². The molecule has 0 N–H and O–H groups in total. The Morgan fingerprint density at radius 2 is 1.16 bits per heavy atom. The highest BCUT2D eigenvalue weighted by molar-refractivity contribution is 9.10. The Morgan fingerprint density at radius 1 is 0.755 bits per heavy atom. The average Bonchev–Trinajstić information content (AvgIpc) is 3.43. The first-order valence-electron chi connectivity index (χ1n) is 15.6. The van der Waals surface area contributed by atoms with Crippen molar-refractivity contribution < 1.29 is 37.3 Å². The highest BCUT2D eigenvalue weighted by atomic mass is 79.9. The molecular weight excluding hydrogens is 762 g/mol. The Balaban J connectivity index is 0. The summed E-state index contributed by atoms with van der Waals surface area (Å²) in [5.74, 6) is -1.14. The number of carbonyl (C=O) groups excluding carboxylic acids is 2. The molecule has 2 fully saturated rings. The Kier molecular flexibility index (Phi) is 20.3. The third-order valence-corrected chi connectivity index (χ3v) is 8.13. The highest BCUT2D eigenvalue weighted by Crippen LogP contribution is 2.42. The number of hydrogen-bond donors (Lipinski definition) is 0. The summed E-state index contributed by atoms with van der Waals surface area (Å²) in [5.41, 5.74) is 1.44. The lowest BCUT2D eigenvalue weighted by Gasteiger charge is -2.22. The van der Waals surface area contributed by atoms with Crippen LogP contribution in [0, 0.1) is 11.6 Å². The zero-order valence-corrected chi connectivity index (χ0v) is 32.0. The van der Waals surface area contributed by atoms with Crippen molar-refractivity contribution in [2.24, 2.45) is 0 Å². The van der Waals surface area contributed by atoms with Crippen molar-refractivity contribution in [2.45, 2.75) is 158 Å². The van der Waals surface area contributed by atoms with Crippen molar-refractivity contribution in [1.29, 1.82) is 0 Å². The van der Waals surface area contributed by atoms with Gasteiger partial charge in [-0.15, -0.1) is 0 Å². The first kappa shape index (κ1) is 49.2. The summed E-state index contributed by atoms with van der Waals surface area (Å²) in [4.78, 5) is 22.6. The Labute approximate surface area is 312 Å². The monoisotopic (exact) mass is 822 g/mol. The molecule has 0 amide bonds. The summed E-state index contributed by atoms with van der Waals surface area (Å²) in [6.45, 7) is 19.2. The van der Waals surface area contributed by atoms with Gasteiger partial charge in [0.15, 0.2) is 0 Å². The van der Waals surface area contributed by atoms with Crippen LogP contribution in [0.25, 0.3) is 0 Å². The highest BCUT2D eigenvalue weighted by Gasteiger charge is 2.35. The predicted molar refractivity (Wildman–Crippen MR) is 204 cm³/mol. The minimum Gasteiger partial charge on any atom is -0.460 e. The first-order chi connectivity index (χ1) is 21.0. The largest absolute Gasteiger partial charge is 0.460 e. The summed E-state index contributed by atoms with van der Waals surface area (Å²) < 4.78 is 49.5. The van der Waals surface area contributed by atoms with Gasteiger partial charge in [-0.2, -0.15) is 0 Å². The minimum absolute atomic E-state index is 0. The van der Waals surface area contributed by atoms with E-state index in [4.69, 9.17) is 18.9 Å². The minimum atomic E-state index is -0.545. The number of carbonyl (C=O) groups is 2. The molecule has 0 saturated carbocycles. The van der Waals surface area contributed by atoms with Crippen molar-refractivity contribution in [2.75, 3.05) is 5.33 Å². The number of rotatable bonds is 5. The smallest absolute Gasteiger partial charge is 0.317 e. The molecule has 2 aromatic rings. The second kappa shape index (κ2) is 20.2. The lowest BCUT2D eigenvalue weighted by Crippen LogP contribution is -2.25. The van der Waals surface area contributed by atoms with E-state index in [0.717, 1.165) is 41.3 Å². The van der Waals surface area contributed by atoms with Crippen molar-refractivity contribution in [3.63, 3.8) is 0 Å². The molecule has 0 aromatic heterocycles. The molecule has 0 bridgehead atoms. The molecule has 49 heavy (non-hydrogen) atoms. The molecule has 2 aliphatic rings. The normalized spacial score (nSPS) is 18.9. The van der Waals surface area contributed by atoms with Crippen LogP contribution in [0.5, 0.6) is 0 Å². The van der Waals surface area contributed by atoms with E-state index in [1.165, 1.54) is 24.3 Å². The maximum absolute atomic E-state index is 13.6. The van der Waals surface area contributed by atoms with Gasteiger partial charge in [-0.3, -0.25) is 9.59 Å². The molecule has 6 nitrogen and oxygen atoms in total. The van der Waals surface area contributed by atoms with Crippen LogP contribution in [0.15, 0.2) is 40.9 Å². The van der Waals surface area contributed by atoms with Crippen molar-refractivity contribution >= 4 is 43.8 Å². The van der Waals surface area contributed by atoms with E-state index in [0.29, 0.717) is 5.56 Å². The van der Waals surface area contributed by atoms with Crippen LogP contribution < -0.4 is 0 Å². The molecular formula is C39H62Br2F2O6. The summed E-state index contributed by atoms with van der Waals surface area (Å²) >= 11 is 6.37. The zero-order valence-electron chi connectivity index (χ0n) is 28.8. The first-order valence-corrected chi connectivity index (χ1v) is 17.5. The second-order valence-corrected chi connectivity index (χ2v) is 16.2. The molecule has 2 saturated heterocycles. The molecule has 4 rings (SSSR count). The Bertz CT molecular complexity index is 1330. The molecule has 0 aliphatic carbocycles. The molecule has 2 aliphatic heterocycles. The maximum Gasteiger partial charge on any atom is 0.317 e. The van der Waals surface area contributed by atoms with E-state index in [2.05, 4.69) is 45.7 Å². The Morgan fingerprint density at radius 3 is 1.53 bits per heavy atom. The molecule has 10 heteroatoms. The van der Waals surface area contributed by atoms with E-state index in [-0.39, 0.29) is 86.6 Å². The molecule has 2 atom stereocenters. The van der Waals surface area contributed by atoms with Crippen molar-refractivity contribution in [3.05, 3.63) is 69.2 Å². The van der Waals surface area contributed by atoms with E-state index >= 15 is 0 Å². The molecule has 282 valence electrons. The van der Waals surface area contributed by atoms with Gasteiger partial charge in [0.2, 0.25) is 0 Å². The van der Waals surface area contributed by atoms with Gasteiger partial charge in [0.05, 0.1) is 29.8 Å². The number of benzene rings is 2. The van der Waals surface area contributed by atoms with Gasteiger partial charge in [0.1, 0.15) is 28.2 Å². The Hall–Kier alpha value is -1.88. The predicted octanol–water partition coefficient (Wildman–Crippen LogP) is 12.2. The lowest BCUT2D eigenvalue weighted by molar-refractivity contribution is -0.154. The number of hydrogen-bond acceptors (Lipinski definition) is 6. The van der Waals surface area contributed by atoms with Gasteiger partial charge in [-0.25, -0.2) is 8.78 Å². The van der Waals surface area contributed by atoms with Gasteiger partial charge in [-0.05, 0) is 136 Å². The number of alkyl halides is 1. The zero-order chi connectivity index (χ0) is 35.1. The second-order valence-electron chi connectivity index (χ2n) is 14.8.